The van der Waals surface area contributed by atoms with Gasteiger partial charge in [-0.25, -0.2) is 4.98 Å². The van der Waals surface area contributed by atoms with Crippen LogP contribution in [0.5, 0.6) is 11.5 Å². The van der Waals surface area contributed by atoms with Crippen molar-refractivity contribution in [3.05, 3.63) is 23.9 Å². The molecule has 0 saturated carbocycles. The van der Waals surface area contributed by atoms with Gasteiger partial charge in [-0.2, -0.15) is 0 Å². The Balaban J connectivity index is 2.38. The molecule has 1 heterocycles. The number of rotatable bonds is 4. The number of hydrogen-bond acceptors (Lipinski definition) is 5. The highest BCUT2D eigenvalue weighted by molar-refractivity contribution is 7.19. The van der Waals surface area contributed by atoms with E-state index in [9.17, 15) is 0 Å². The second-order valence-electron chi connectivity index (χ2n) is 5.88. The van der Waals surface area contributed by atoms with Gasteiger partial charge in [-0.1, -0.05) is 11.3 Å². The third-order valence-corrected chi connectivity index (χ3v) is 4.05. The fraction of sp³-hybridized carbons (Fsp3) is 0.438. The van der Waals surface area contributed by atoms with Crippen LogP contribution in [0.3, 0.4) is 0 Å². The van der Waals surface area contributed by atoms with Gasteiger partial charge in [-0.3, -0.25) is 0 Å². The van der Waals surface area contributed by atoms with E-state index in [0.29, 0.717) is 0 Å². The van der Waals surface area contributed by atoms with Crippen LogP contribution in [0, 0.1) is 6.92 Å². The summed E-state index contributed by atoms with van der Waals surface area (Å²) in [5.74, 6) is 1.46. The zero-order valence-corrected chi connectivity index (χ0v) is 14.2. The smallest absolute Gasteiger partial charge is 0.183 e. The maximum atomic E-state index is 5.37. The van der Waals surface area contributed by atoms with Crippen LogP contribution in [0.4, 0.5) is 5.13 Å². The van der Waals surface area contributed by atoms with E-state index in [1.807, 2.05) is 25.1 Å². The summed E-state index contributed by atoms with van der Waals surface area (Å²) in [7, 11) is 3.29. The van der Waals surface area contributed by atoms with E-state index in [1.54, 1.807) is 25.6 Å². The number of anilines is 1. The van der Waals surface area contributed by atoms with Crippen LogP contribution < -0.4 is 14.8 Å². The Labute approximate surface area is 130 Å². The number of aryl methyl sites for hydroxylation is 1. The molecular weight excluding hydrogens is 284 g/mol. The average Bonchev–Trinajstić information content (AvgIpc) is 2.76. The van der Waals surface area contributed by atoms with Crippen molar-refractivity contribution in [1.29, 1.82) is 0 Å². The van der Waals surface area contributed by atoms with E-state index >= 15 is 0 Å². The van der Waals surface area contributed by atoms with Crippen LogP contribution in [-0.4, -0.2) is 24.7 Å². The molecule has 4 nitrogen and oxygen atoms in total. The molecule has 0 bridgehead atoms. The van der Waals surface area contributed by atoms with Gasteiger partial charge in [0.05, 0.1) is 24.8 Å². The van der Waals surface area contributed by atoms with E-state index < -0.39 is 0 Å². The quantitative estimate of drug-likeness (QED) is 0.912. The van der Waals surface area contributed by atoms with Gasteiger partial charge in [0.2, 0.25) is 0 Å². The van der Waals surface area contributed by atoms with Crippen molar-refractivity contribution in [2.75, 3.05) is 19.5 Å². The van der Waals surface area contributed by atoms with Crippen LogP contribution in [0.15, 0.2) is 18.2 Å². The molecule has 0 aliphatic carbocycles. The van der Waals surface area contributed by atoms with E-state index in [-0.39, 0.29) is 5.54 Å². The first-order chi connectivity index (χ1) is 9.84. The van der Waals surface area contributed by atoms with Crippen molar-refractivity contribution in [3.8, 4) is 21.9 Å². The number of ether oxygens (including phenoxy) is 2. The lowest BCUT2D eigenvalue weighted by Crippen LogP contribution is -2.25. The Morgan fingerprint density at radius 1 is 1.10 bits per heavy atom. The van der Waals surface area contributed by atoms with E-state index in [4.69, 9.17) is 9.47 Å². The van der Waals surface area contributed by atoms with Crippen molar-refractivity contribution in [3.63, 3.8) is 0 Å². The predicted molar refractivity (Wildman–Crippen MR) is 88.8 cm³/mol. The summed E-state index contributed by atoms with van der Waals surface area (Å²) in [5.41, 5.74) is 2.10. The SMILES string of the molecule is COc1ccc(-c2sc(NC(C)(C)C)nc2C)cc1OC. The molecule has 2 rings (SSSR count). The van der Waals surface area contributed by atoms with Gasteiger partial charge < -0.3 is 14.8 Å². The highest BCUT2D eigenvalue weighted by Crippen LogP contribution is 2.38. The highest BCUT2D eigenvalue weighted by atomic mass is 32.1. The van der Waals surface area contributed by atoms with Crippen LogP contribution in [0.1, 0.15) is 26.5 Å². The lowest BCUT2D eigenvalue weighted by Gasteiger charge is -2.19. The Morgan fingerprint density at radius 2 is 1.76 bits per heavy atom. The Kier molecular flexibility index (Phi) is 4.42. The molecule has 2 aromatic rings. The Morgan fingerprint density at radius 3 is 2.33 bits per heavy atom. The number of nitrogens with zero attached hydrogens (tertiary/aromatic N) is 1. The molecule has 0 aliphatic rings. The van der Waals surface area contributed by atoms with Crippen molar-refractivity contribution >= 4 is 16.5 Å². The number of thiazole rings is 1. The van der Waals surface area contributed by atoms with E-state index in [0.717, 1.165) is 32.8 Å². The first kappa shape index (κ1) is 15.6. The molecule has 0 radical (unpaired) electrons. The molecule has 21 heavy (non-hydrogen) atoms. The molecule has 114 valence electrons. The van der Waals surface area contributed by atoms with Crippen LogP contribution in [0.25, 0.3) is 10.4 Å². The number of nitrogens with one attached hydrogen (secondary N) is 1. The molecule has 0 amide bonds. The summed E-state index contributed by atoms with van der Waals surface area (Å²) in [4.78, 5) is 5.75. The fourth-order valence-electron chi connectivity index (χ4n) is 2.02. The molecule has 0 spiro atoms. The van der Waals surface area contributed by atoms with Gasteiger partial charge in [0.25, 0.3) is 0 Å². The van der Waals surface area contributed by atoms with Gasteiger partial charge in [0, 0.05) is 5.54 Å². The summed E-state index contributed by atoms with van der Waals surface area (Å²) >= 11 is 1.65. The normalized spacial score (nSPS) is 11.3. The molecule has 1 aromatic heterocycles. The molecule has 0 fully saturated rings. The van der Waals surface area contributed by atoms with Crippen molar-refractivity contribution in [1.82, 2.24) is 4.98 Å². The van der Waals surface area contributed by atoms with Gasteiger partial charge in [-0.15, -0.1) is 0 Å². The number of methoxy groups -OCH3 is 2. The number of hydrogen-bond donors (Lipinski definition) is 1. The first-order valence-electron chi connectivity index (χ1n) is 6.82. The maximum absolute atomic E-state index is 5.37. The summed E-state index contributed by atoms with van der Waals surface area (Å²) < 4.78 is 10.6. The standard InChI is InChI=1S/C16H22N2O2S/c1-10-14(21-15(17-10)18-16(2,3)4)11-7-8-12(19-5)13(9-11)20-6/h7-9H,1-6H3,(H,17,18). The average molecular weight is 306 g/mol. The molecular formula is C16H22N2O2S. The fourth-order valence-corrected chi connectivity index (χ4v) is 3.19. The van der Waals surface area contributed by atoms with Crippen molar-refractivity contribution < 1.29 is 9.47 Å². The lowest BCUT2D eigenvalue weighted by atomic mass is 10.1. The van der Waals surface area contributed by atoms with Gasteiger partial charge in [0.1, 0.15) is 0 Å². The molecule has 0 aliphatic heterocycles. The maximum Gasteiger partial charge on any atom is 0.183 e. The third-order valence-electron chi connectivity index (χ3n) is 2.92. The predicted octanol–water partition coefficient (Wildman–Crippen LogP) is 4.35. The minimum absolute atomic E-state index is 0.000832. The van der Waals surface area contributed by atoms with Crippen LogP contribution >= 0.6 is 11.3 Å². The minimum atomic E-state index is -0.000832. The second kappa shape index (κ2) is 5.93. The molecule has 1 aromatic carbocycles. The first-order valence-corrected chi connectivity index (χ1v) is 7.63. The number of aromatic nitrogens is 1. The van der Waals surface area contributed by atoms with Gasteiger partial charge in [-0.05, 0) is 51.5 Å². The highest BCUT2D eigenvalue weighted by Gasteiger charge is 2.16. The van der Waals surface area contributed by atoms with Crippen LogP contribution in [0.2, 0.25) is 0 Å². The lowest BCUT2D eigenvalue weighted by molar-refractivity contribution is 0.355. The van der Waals surface area contributed by atoms with Crippen molar-refractivity contribution in [2.45, 2.75) is 33.2 Å². The van der Waals surface area contributed by atoms with Gasteiger partial charge in [0.15, 0.2) is 16.6 Å². The zero-order chi connectivity index (χ0) is 15.6. The monoisotopic (exact) mass is 306 g/mol. The molecule has 1 N–H and O–H groups in total. The number of benzene rings is 1. The summed E-state index contributed by atoms with van der Waals surface area (Å²) in [5, 5.41) is 4.35. The topological polar surface area (TPSA) is 43.4 Å². The molecule has 0 saturated heterocycles. The third kappa shape index (κ3) is 3.67. The summed E-state index contributed by atoms with van der Waals surface area (Å²) in [6.45, 7) is 8.40. The van der Waals surface area contributed by atoms with Crippen LogP contribution in [-0.2, 0) is 0 Å². The van der Waals surface area contributed by atoms with Crippen molar-refractivity contribution in [2.24, 2.45) is 0 Å². The summed E-state index contributed by atoms with van der Waals surface area (Å²) in [6, 6.07) is 5.94. The molecule has 5 heteroatoms. The van der Waals surface area contributed by atoms with E-state index in [1.165, 1.54) is 0 Å². The van der Waals surface area contributed by atoms with Gasteiger partial charge >= 0.3 is 0 Å². The Hall–Kier alpha value is -1.75. The summed E-state index contributed by atoms with van der Waals surface area (Å²) in [6.07, 6.45) is 0. The van der Waals surface area contributed by atoms with E-state index in [2.05, 4.69) is 31.1 Å². The Bertz CT molecular complexity index is 630. The minimum Gasteiger partial charge on any atom is -0.493 e. The zero-order valence-electron chi connectivity index (χ0n) is 13.4. The molecule has 0 unspecified atom stereocenters. The largest absolute Gasteiger partial charge is 0.493 e. The molecule has 0 atom stereocenters. The second-order valence-corrected chi connectivity index (χ2v) is 6.88.